The molecule has 0 radical (unpaired) electrons. The van der Waals surface area contributed by atoms with Crippen LogP contribution < -0.4 is 5.32 Å². The molecule has 2 aromatic heterocycles. The quantitative estimate of drug-likeness (QED) is 0.779. The molecule has 144 valence electrons. The Kier molecular flexibility index (Phi) is 7.88. The lowest BCUT2D eigenvalue weighted by molar-refractivity contribution is -0.134. The van der Waals surface area contributed by atoms with Crippen LogP contribution in [0.3, 0.4) is 0 Å². The number of alkyl halides is 3. The fraction of sp³-hybridized carbons (Fsp3) is 0.500. The zero-order valence-corrected chi connectivity index (χ0v) is 16.0. The van der Waals surface area contributed by atoms with E-state index in [1.54, 1.807) is 12.3 Å². The van der Waals surface area contributed by atoms with Crippen LogP contribution in [0.25, 0.3) is 0 Å². The van der Waals surface area contributed by atoms with Crippen molar-refractivity contribution in [3.8, 4) is 0 Å². The van der Waals surface area contributed by atoms with Crippen LogP contribution in [0.4, 0.5) is 13.2 Å². The zero-order chi connectivity index (χ0) is 17.7. The summed E-state index contributed by atoms with van der Waals surface area (Å²) in [5.74, 6) is 0. The van der Waals surface area contributed by atoms with E-state index in [1.165, 1.54) is 6.07 Å². The van der Waals surface area contributed by atoms with Crippen molar-refractivity contribution in [1.29, 1.82) is 0 Å². The van der Waals surface area contributed by atoms with Gasteiger partial charge >= 0.3 is 6.18 Å². The van der Waals surface area contributed by atoms with Gasteiger partial charge in [-0.15, -0.1) is 23.7 Å². The molecule has 2 aromatic rings. The first kappa shape index (κ1) is 21.2. The fourth-order valence-corrected chi connectivity index (χ4v) is 4.10. The lowest BCUT2D eigenvalue weighted by Gasteiger charge is -2.30. The van der Waals surface area contributed by atoms with Crippen LogP contribution >= 0.6 is 23.7 Å². The summed E-state index contributed by atoms with van der Waals surface area (Å²) in [5.41, 5.74) is 0.951. The predicted molar refractivity (Wildman–Crippen MR) is 101 cm³/mol. The van der Waals surface area contributed by atoms with Crippen molar-refractivity contribution in [3.63, 3.8) is 0 Å². The average molecular weight is 406 g/mol. The Morgan fingerprint density at radius 3 is 2.65 bits per heavy atom. The Hall–Kier alpha value is -1.15. The summed E-state index contributed by atoms with van der Waals surface area (Å²) in [4.78, 5) is 6.89. The van der Waals surface area contributed by atoms with E-state index in [2.05, 4.69) is 15.2 Å². The molecule has 0 spiro atoms. The lowest BCUT2D eigenvalue weighted by atomic mass is 10.1. The van der Waals surface area contributed by atoms with Gasteiger partial charge < -0.3 is 5.32 Å². The number of rotatable bonds is 5. The summed E-state index contributed by atoms with van der Waals surface area (Å²) in [7, 11) is 0. The third-order valence-electron chi connectivity index (χ3n) is 4.45. The van der Waals surface area contributed by atoms with E-state index in [0.717, 1.165) is 54.3 Å². The minimum absolute atomic E-state index is 0. The predicted octanol–water partition coefficient (Wildman–Crippen LogP) is 4.73. The fourth-order valence-electron chi connectivity index (χ4n) is 3.20. The van der Waals surface area contributed by atoms with E-state index >= 15 is 0 Å². The Balaban J connectivity index is 0.00000243. The highest BCUT2D eigenvalue weighted by atomic mass is 35.5. The van der Waals surface area contributed by atoms with E-state index < -0.39 is 11.1 Å². The maximum absolute atomic E-state index is 12.9. The summed E-state index contributed by atoms with van der Waals surface area (Å²) >= 11 is 0.845. The molecule has 1 aliphatic rings. The van der Waals surface area contributed by atoms with E-state index in [1.807, 2.05) is 18.2 Å². The topological polar surface area (TPSA) is 28.2 Å². The largest absolute Gasteiger partial charge is 0.425 e. The van der Waals surface area contributed by atoms with Gasteiger partial charge in [0, 0.05) is 30.2 Å². The molecule has 0 saturated carbocycles. The molecule has 3 heterocycles. The highest BCUT2D eigenvalue weighted by Gasteiger charge is 2.32. The second-order valence-electron chi connectivity index (χ2n) is 6.32. The first-order valence-corrected chi connectivity index (χ1v) is 9.34. The third kappa shape index (κ3) is 5.94. The van der Waals surface area contributed by atoms with Gasteiger partial charge in [0.25, 0.3) is 0 Å². The lowest BCUT2D eigenvalue weighted by Crippen LogP contribution is -2.35. The van der Waals surface area contributed by atoms with E-state index in [-0.39, 0.29) is 12.4 Å². The molecular formula is C18H23ClF3N3S. The average Bonchev–Trinajstić information content (AvgIpc) is 2.89. The van der Waals surface area contributed by atoms with Crippen LogP contribution in [0, 0.1) is 0 Å². The number of halogens is 4. The van der Waals surface area contributed by atoms with E-state index in [4.69, 9.17) is 0 Å². The number of nitrogens with one attached hydrogen (secondary N) is 1. The number of hydrogen-bond acceptors (Lipinski definition) is 4. The van der Waals surface area contributed by atoms with Gasteiger partial charge in [-0.25, -0.2) is 0 Å². The minimum atomic E-state index is -4.26. The molecular weight excluding hydrogens is 383 g/mol. The molecule has 8 heteroatoms. The highest BCUT2D eigenvalue weighted by Crippen LogP contribution is 2.35. The van der Waals surface area contributed by atoms with Crippen molar-refractivity contribution in [2.24, 2.45) is 0 Å². The summed E-state index contributed by atoms with van der Waals surface area (Å²) in [5, 5.41) is 3.40. The van der Waals surface area contributed by atoms with Crippen LogP contribution in [-0.4, -0.2) is 29.0 Å². The molecule has 0 aliphatic carbocycles. The monoisotopic (exact) mass is 405 g/mol. The van der Waals surface area contributed by atoms with Crippen molar-refractivity contribution in [3.05, 3.63) is 52.0 Å². The summed E-state index contributed by atoms with van der Waals surface area (Å²) in [6.07, 6.45) is 0.638. The maximum Gasteiger partial charge on any atom is 0.425 e. The molecule has 26 heavy (non-hydrogen) atoms. The molecule has 1 aliphatic heterocycles. The maximum atomic E-state index is 12.9. The van der Waals surface area contributed by atoms with Crippen molar-refractivity contribution in [2.45, 2.75) is 44.6 Å². The molecule has 1 N–H and O–H groups in total. The molecule has 3 rings (SSSR count). The van der Waals surface area contributed by atoms with Gasteiger partial charge in [-0.05, 0) is 56.6 Å². The smallest absolute Gasteiger partial charge is 0.317 e. The summed E-state index contributed by atoms with van der Waals surface area (Å²) in [6.45, 7) is 3.14. The molecule has 1 fully saturated rings. The van der Waals surface area contributed by atoms with Crippen LogP contribution in [0.2, 0.25) is 0 Å². The molecule has 1 saturated heterocycles. The molecule has 1 unspecified atom stereocenters. The van der Waals surface area contributed by atoms with Gasteiger partial charge in [0.15, 0.2) is 0 Å². The Morgan fingerprint density at radius 2 is 1.96 bits per heavy atom. The van der Waals surface area contributed by atoms with Gasteiger partial charge in [-0.2, -0.15) is 13.2 Å². The number of nitrogens with zero attached hydrogens (tertiary/aromatic N) is 2. The Labute approximate surface area is 162 Å². The molecule has 1 atom stereocenters. The molecule has 3 nitrogen and oxygen atoms in total. The van der Waals surface area contributed by atoms with E-state index in [9.17, 15) is 13.2 Å². The summed E-state index contributed by atoms with van der Waals surface area (Å²) in [6, 6.07) is 8.94. The number of pyridine rings is 1. The first-order valence-electron chi connectivity index (χ1n) is 8.53. The van der Waals surface area contributed by atoms with Crippen molar-refractivity contribution >= 4 is 23.7 Å². The van der Waals surface area contributed by atoms with Gasteiger partial charge in [0.2, 0.25) is 0 Å². The standard InChI is InChI=1S/C18H22F3N3S.ClH/c19-18(20,21)17-7-6-16(25-17)13-24(12-14-4-1-2-10-23-14)15-5-3-9-22-11-8-15;/h1-2,4,6-7,10,15,22H,3,5,8-9,11-13H2;1H. The summed E-state index contributed by atoms with van der Waals surface area (Å²) < 4.78 is 38.6. The van der Waals surface area contributed by atoms with Gasteiger partial charge in [0.1, 0.15) is 4.88 Å². The van der Waals surface area contributed by atoms with Crippen molar-refractivity contribution in [2.75, 3.05) is 13.1 Å². The Morgan fingerprint density at radius 1 is 1.12 bits per heavy atom. The number of hydrogen-bond donors (Lipinski definition) is 1. The van der Waals surface area contributed by atoms with Gasteiger partial charge in [-0.1, -0.05) is 6.07 Å². The van der Waals surface area contributed by atoms with Gasteiger partial charge in [-0.3, -0.25) is 9.88 Å². The SMILES string of the molecule is Cl.FC(F)(F)c1ccc(CN(Cc2ccccn2)C2CCCNCC2)s1. The van der Waals surface area contributed by atoms with Crippen molar-refractivity contribution < 1.29 is 13.2 Å². The second-order valence-corrected chi connectivity index (χ2v) is 7.49. The minimum Gasteiger partial charge on any atom is -0.317 e. The second kappa shape index (κ2) is 9.69. The highest BCUT2D eigenvalue weighted by molar-refractivity contribution is 7.12. The van der Waals surface area contributed by atoms with Gasteiger partial charge in [0.05, 0.1) is 5.69 Å². The van der Waals surface area contributed by atoms with Crippen LogP contribution in [-0.2, 0) is 19.3 Å². The molecule has 0 bridgehead atoms. The van der Waals surface area contributed by atoms with E-state index in [0.29, 0.717) is 19.1 Å². The normalized spacial score (nSPS) is 18.4. The van der Waals surface area contributed by atoms with Crippen molar-refractivity contribution in [1.82, 2.24) is 15.2 Å². The molecule has 0 aromatic carbocycles. The first-order chi connectivity index (χ1) is 12.0. The number of thiophene rings is 1. The number of aromatic nitrogens is 1. The van der Waals surface area contributed by atoms with Crippen LogP contribution in [0.15, 0.2) is 36.5 Å². The Bertz CT molecular complexity index is 655. The van der Waals surface area contributed by atoms with Crippen LogP contribution in [0.5, 0.6) is 0 Å². The molecule has 0 amide bonds. The zero-order valence-electron chi connectivity index (χ0n) is 14.3. The van der Waals surface area contributed by atoms with Crippen LogP contribution in [0.1, 0.15) is 34.7 Å². The third-order valence-corrected chi connectivity index (χ3v) is 5.57.